The smallest absolute Gasteiger partial charge is 0.270 e. The van der Waals surface area contributed by atoms with Gasteiger partial charge in [0.25, 0.3) is 15.9 Å². The average Bonchev–Trinajstić information content (AvgIpc) is 2.94. The molecule has 1 fully saturated rings. The summed E-state index contributed by atoms with van der Waals surface area (Å²) < 4.78 is 31.0. The van der Waals surface area contributed by atoms with Crippen LogP contribution in [-0.4, -0.2) is 36.9 Å². The Kier molecular flexibility index (Phi) is 5.67. The predicted molar refractivity (Wildman–Crippen MR) is 110 cm³/mol. The van der Waals surface area contributed by atoms with Gasteiger partial charge in [0.2, 0.25) is 0 Å². The highest BCUT2D eigenvalue weighted by Crippen LogP contribution is 2.26. The molecule has 6 nitrogen and oxygen atoms in total. The van der Waals surface area contributed by atoms with E-state index in [1.54, 1.807) is 41.6 Å². The van der Waals surface area contributed by atoms with E-state index in [0.717, 1.165) is 42.4 Å². The monoisotopic (exact) mass is 453 g/mol. The van der Waals surface area contributed by atoms with Crippen molar-refractivity contribution in [1.29, 1.82) is 0 Å². The predicted octanol–water partition coefficient (Wildman–Crippen LogP) is 3.83. The number of carbonyl (C=O) groups is 1. The van der Waals surface area contributed by atoms with Crippen LogP contribution < -0.4 is 4.72 Å². The summed E-state index contributed by atoms with van der Waals surface area (Å²) in [4.78, 5) is 14.8. The van der Waals surface area contributed by atoms with Gasteiger partial charge in [-0.3, -0.25) is 9.52 Å². The fourth-order valence-electron chi connectivity index (χ4n) is 3.33. The maximum Gasteiger partial charge on any atom is 0.270 e. The number of piperidine rings is 1. The van der Waals surface area contributed by atoms with Crippen LogP contribution in [0.25, 0.3) is 0 Å². The number of rotatable bonds is 4. The summed E-state index contributed by atoms with van der Waals surface area (Å²) in [5.74, 6) is -0.110. The highest BCUT2D eigenvalue weighted by Gasteiger charge is 2.27. The van der Waals surface area contributed by atoms with Crippen molar-refractivity contribution >= 4 is 37.5 Å². The molecule has 27 heavy (non-hydrogen) atoms. The minimum Gasteiger partial charge on any atom is -0.343 e. The molecule has 0 spiro atoms. The largest absolute Gasteiger partial charge is 0.343 e. The molecule has 0 atom stereocenters. The number of hydrogen-bond acceptors (Lipinski definition) is 3. The van der Waals surface area contributed by atoms with Gasteiger partial charge in [-0.15, -0.1) is 0 Å². The van der Waals surface area contributed by atoms with Gasteiger partial charge in [0.1, 0.15) is 10.6 Å². The lowest BCUT2D eigenvalue weighted by molar-refractivity contribution is 0.0714. The van der Waals surface area contributed by atoms with Crippen molar-refractivity contribution in [3.05, 3.63) is 45.7 Å². The molecular formula is C19H24BrN3O3S. The van der Waals surface area contributed by atoms with Crippen molar-refractivity contribution in [3.63, 3.8) is 0 Å². The van der Waals surface area contributed by atoms with Crippen LogP contribution in [0.15, 0.2) is 33.6 Å². The summed E-state index contributed by atoms with van der Waals surface area (Å²) in [6.07, 6.45) is 3.11. The van der Waals surface area contributed by atoms with Gasteiger partial charge in [-0.05, 0) is 62.9 Å². The summed E-state index contributed by atoms with van der Waals surface area (Å²) >= 11 is 3.41. The molecular weight excluding hydrogens is 430 g/mol. The number of likely N-dealkylation sites (tertiary alicyclic amines) is 1. The molecule has 0 radical (unpaired) electrons. The van der Waals surface area contributed by atoms with Crippen molar-refractivity contribution in [2.75, 3.05) is 17.8 Å². The molecule has 0 saturated carbocycles. The van der Waals surface area contributed by atoms with Crippen molar-refractivity contribution in [3.8, 4) is 0 Å². The Morgan fingerprint density at radius 1 is 1.11 bits per heavy atom. The molecule has 3 rings (SSSR count). The molecule has 1 aliphatic rings. The Morgan fingerprint density at radius 3 is 2.41 bits per heavy atom. The first kappa shape index (κ1) is 19.9. The number of nitrogens with zero attached hydrogens (tertiary/aromatic N) is 2. The minimum atomic E-state index is -3.80. The zero-order chi connectivity index (χ0) is 19.8. The number of hydrogen-bond donors (Lipinski definition) is 1. The van der Waals surface area contributed by atoms with Gasteiger partial charge in [0, 0.05) is 36.0 Å². The summed E-state index contributed by atoms with van der Waals surface area (Å²) in [6, 6.07) is 6.75. The summed E-state index contributed by atoms with van der Waals surface area (Å²) in [5, 5.41) is 0. The maximum absolute atomic E-state index is 12.9. The molecule has 2 aromatic rings. The quantitative estimate of drug-likeness (QED) is 0.764. The Labute approximate surface area is 168 Å². The first-order chi connectivity index (χ1) is 12.7. The Morgan fingerprint density at radius 2 is 1.78 bits per heavy atom. The number of anilines is 1. The van der Waals surface area contributed by atoms with E-state index >= 15 is 0 Å². The molecule has 1 aliphatic heterocycles. The molecule has 0 unspecified atom stereocenters. The van der Waals surface area contributed by atoms with Crippen LogP contribution in [0, 0.1) is 13.8 Å². The summed E-state index contributed by atoms with van der Waals surface area (Å²) in [7, 11) is -2.06. The third-order valence-corrected chi connectivity index (χ3v) is 7.44. The van der Waals surface area contributed by atoms with Crippen LogP contribution in [0.5, 0.6) is 0 Å². The van der Waals surface area contributed by atoms with E-state index in [-0.39, 0.29) is 10.8 Å². The standard InChI is InChI=1S/C19H24BrN3O3S/c1-13-11-15(7-8-16(13)20)21-27(25,26)18-12-17(22(3)14(18)2)19(24)23-9-5-4-6-10-23/h7-8,11-12,21H,4-6,9-10H2,1-3H3. The van der Waals surface area contributed by atoms with Gasteiger partial charge in [0.05, 0.1) is 0 Å². The third kappa shape index (κ3) is 4.06. The van der Waals surface area contributed by atoms with Crippen LogP contribution in [-0.2, 0) is 17.1 Å². The molecule has 1 aromatic heterocycles. The zero-order valence-electron chi connectivity index (χ0n) is 15.8. The number of halogens is 1. The van der Waals surface area contributed by atoms with Gasteiger partial charge in [-0.2, -0.15) is 0 Å². The molecule has 0 bridgehead atoms. The maximum atomic E-state index is 12.9. The van der Waals surface area contributed by atoms with E-state index in [9.17, 15) is 13.2 Å². The Hall–Kier alpha value is -1.80. The molecule has 8 heteroatoms. The van der Waals surface area contributed by atoms with Gasteiger partial charge in [-0.1, -0.05) is 15.9 Å². The molecule has 1 aromatic carbocycles. The fourth-order valence-corrected chi connectivity index (χ4v) is 4.91. The third-order valence-electron chi connectivity index (χ3n) is 5.05. The molecule has 1 N–H and O–H groups in total. The Balaban J connectivity index is 1.91. The molecule has 1 amide bonds. The van der Waals surface area contributed by atoms with Crippen LogP contribution >= 0.6 is 15.9 Å². The van der Waals surface area contributed by atoms with Gasteiger partial charge < -0.3 is 9.47 Å². The van der Waals surface area contributed by atoms with Crippen molar-refractivity contribution in [1.82, 2.24) is 9.47 Å². The number of aryl methyl sites for hydroxylation is 1. The van der Waals surface area contributed by atoms with Crippen molar-refractivity contribution < 1.29 is 13.2 Å². The summed E-state index contributed by atoms with van der Waals surface area (Å²) in [5.41, 5.74) is 2.36. The van der Waals surface area contributed by atoms with E-state index in [0.29, 0.717) is 17.1 Å². The van der Waals surface area contributed by atoms with Crippen LogP contribution in [0.4, 0.5) is 5.69 Å². The Bertz CT molecular complexity index is 976. The lowest BCUT2D eigenvalue weighted by Gasteiger charge is -2.26. The van der Waals surface area contributed by atoms with Gasteiger partial charge in [-0.25, -0.2) is 8.42 Å². The second-order valence-electron chi connectivity index (χ2n) is 6.96. The van der Waals surface area contributed by atoms with E-state index in [1.165, 1.54) is 6.07 Å². The van der Waals surface area contributed by atoms with Crippen molar-refractivity contribution in [2.45, 2.75) is 38.0 Å². The van der Waals surface area contributed by atoms with Crippen LogP contribution in [0.1, 0.15) is 41.0 Å². The lowest BCUT2D eigenvalue weighted by atomic mass is 10.1. The number of benzene rings is 1. The van der Waals surface area contributed by atoms with E-state index < -0.39 is 10.0 Å². The highest BCUT2D eigenvalue weighted by atomic mass is 79.9. The topological polar surface area (TPSA) is 71.4 Å². The first-order valence-corrected chi connectivity index (χ1v) is 11.2. The minimum absolute atomic E-state index is 0.110. The SMILES string of the molecule is Cc1cc(NS(=O)(=O)c2cc(C(=O)N3CCCCC3)n(C)c2C)ccc1Br. The van der Waals surface area contributed by atoms with Gasteiger partial charge in [0.15, 0.2) is 0 Å². The van der Waals surface area contributed by atoms with E-state index in [2.05, 4.69) is 20.7 Å². The van der Waals surface area contributed by atoms with E-state index in [1.807, 2.05) is 6.92 Å². The van der Waals surface area contributed by atoms with Crippen molar-refractivity contribution in [2.24, 2.45) is 7.05 Å². The second-order valence-corrected chi connectivity index (χ2v) is 9.47. The van der Waals surface area contributed by atoms with Crippen LogP contribution in [0.2, 0.25) is 0 Å². The average molecular weight is 454 g/mol. The molecule has 1 saturated heterocycles. The number of sulfonamides is 1. The number of aromatic nitrogens is 1. The highest BCUT2D eigenvalue weighted by molar-refractivity contribution is 9.10. The second kappa shape index (κ2) is 7.67. The number of carbonyl (C=O) groups excluding carboxylic acids is 1. The molecule has 0 aliphatic carbocycles. The molecule has 2 heterocycles. The summed E-state index contributed by atoms with van der Waals surface area (Å²) in [6.45, 7) is 5.06. The first-order valence-electron chi connectivity index (χ1n) is 8.95. The molecule has 146 valence electrons. The zero-order valence-corrected chi connectivity index (χ0v) is 18.2. The normalized spacial score (nSPS) is 15.0. The fraction of sp³-hybridized carbons (Fsp3) is 0.421. The number of nitrogens with one attached hydrogen (secondary N) is 1. The van der Waals surface area contributed by atoms with Crippen LogP contribution in [0.3, 0.4) is 0 Å². The van der Waals surface area contributed by atoms with Gasteiger partial charge >= 0.3 is 0 Å². The lowest BCUT2D eigenvalue weighted by Crippen LogP contribution is -2.36. The van der Waals surface area contributed by atoms with E-state index in [4.69, 9.17) is 0 Å². The number of amides is 1.